The standard InChI is InChI=1S/C22H39N3O4/c1-14(2)17(12-15(3)21(28)29)25(8)20(27)18(22(4,5)6)23-19(26)16-10-9-11-24(7)13-16/h12,14,16-18H,9-11,13H2,1-8H3,(H,23,26)(H,28,29)/b15-12+/t16?,17-,18?/m1/s1. The van der Waals surface area contributed by atoms with Gasteiger partial charge in [-0.2, -0.15) is 0 Å². The van der Waals surface area contributed by atoms with E-state index in [-0.39, 0.29) is 35.3 Å². The molecule has 0 aromatic rings. The van der Waals surface area contributed by atoms with Crippen molar-refractivity contribution in [1.82, 2.24) is 15.1 Å². The van der Waals surface area contributed by atoms with E-state index >= 15 is 0 Å². The summed E-state index contributed by atoms with van der Waals surface area (Å²) in [4.78, 5) is 41.3. The molecule has 0 radical (unpaired) electrons. The molecule has 0 aromatic heterocycles. The summed E-state index contributed by atoms with van der Waals surface area (Å²) in [6.07, 6.45) is 3.41. The molecule has 3 atom stereocenters. The van der Waals surface area contributed by atoms with Crippen LogP contribution < -0.4 is 5.32 Å². The van der Waals surface area contributed by atoms with Crippen LogP contribution in [-0.2, 0) is 14.4 Å². The monoisotopic (exact) mass is 409 g/mol. The van der Waals surface area contributed by atoms with E-state index in [0.717, 1.165) is 19.4 Å². The van der Waals surface area contributed by atoms with E-state index in [0.29, 0.717) is 6.54 Å². The van der Waals surface area contributed by atoms with Gasteiger partial charge in [0.25, 0.3) is 0 Å². The zero-order chi connectivity index (χ0) is 22.5. The summed E-state index contributed by atoms with van der Waals surface area (Å²) in [6, 6.07) is -1.06. The highest BCUT2D eigenvalue weighted by Crippen LogP contribution is 2.25. The number of likely N-dealkylation sites (N-methyl/N-ethyl adjacent to an activating group) is 1. The van der Waals surface area contributed by atoms with Gasteiger partial charge >= 0.3 is 5.97 Å². The first-order chi connectivity index (χ1) is 13.3. The average molecular weight is 410 g/mol. The summed E-state index contributed by atoms with van der Waals surface area (Å²) < 4.78 is 0. The lowest BCUT2D eigenvalue weighted by Crippen LogP contribution is -2.58. The first-order valence-electron chi connectivity index (χ1n) is 10.4. The zero-order valence-electron chi connectivity index (χ0n) is 19.3. The number of hydrogen-bond donors (Lipinski definition) is 2. The van der Waals surface area contributed by atoms with Crippen molar-refractivity contribution in [3.05, 3.63) is 11.6 Å². The van der Waals surface area contributed by atoms with Crippen LogP contribution in [0.2, 0.25) is 0 Å². The Morgan fingerprint density at radius 2 is 1.83 bits per heavy atom. The van der Waals surface area contributed by atoms with Gasteiger partial charge in [0, 0.05) is 19.2 Å². The van der Waals surface area contributed by atoms with Crippen molar-refractivity contribution in [3.63, 3.8) is 0 Å². The molecular formula is C22H39N3O4. The minimum atomic E-state index is -1.00. The quantitative estimate of drug-likeness (QED) is 0.630. The molecule has 29 heavy (non-hydrogen) atoms. The third kappa shape index (κ3) is 7.14. The smallest absolute Gasteiger partial charge is 0.331 e. The molecule has 1 fully saturated rings. The average Bonchev–Trinajstić information content (AvgIpc) is 2.61. The normalized spacial score (nSPS) is 20.9. The van der Waals surface area contributed by atoms with Gasteiger partial charge in [-0.05, 0) is 44.7 Å². The van der Waals surface area contributed by atoms with E-state index in [9.17, 15) is 19.5 Å². The van der Waals surface area contributed by atoms with Crippen LogP contribution >= 0.6 is 0 Å². The number of rotatable bonds is 7. The fourth-order valence-corrected chi connectivity index (χ4v) is 3.72. The topological polar surface area (TPSA) is 90.0 Å². The second-order valence-corrected chi connectivity index (χ2v) is 9.75. The Bertz CT molecular complexity index is 636. The van der Waals surface area contributed by atoms with Gasteiger partial charge < -0.3 is 20.2 Å². The van der Waals surface area contributed by atoms with Gasteiger partial charge in [0.2, 0.25) is 11.8 Å². The molecule has 2 amide bonds. The molecule has 0 aliphatic carbocycles. The lowest BCUT2D eigenvalue weighted by atomic mass is 9.84. The number of nitrogens with one attached hydrogen (secondary N) is 1. The SMILES string of the molecule is C/C(=C\[C@H](C(C)C)N(C)C(=O)C(NC(=O)C1CCCN(C)C1)C(C)(C)C)C(=O)O. The van der Waals surface area contributed by atoms with Gasteiger partial charge in [-0.3, -0.25) is 9.59 Å². The number of carboxylic acids is 1. The molecule has 0 saturated carbocycles. The summed E-state index contributed by atoms with van der Waals surface area (Å²) in [5.74, 6) is -1.38. The Kier molecular flexibility index (Phi) is 8.87. The summed E-state index contributed by atoms with van der Waals surface area (Å²) in [7, 11) is 3.68. The van der Waals surface area contributed by atoms with E-state index in [1.54, 1.807) is 18.0 Å². The summed E-state index contributed by atoms with van der Waals surface area (Å²) in [5, 5.41) is 12.2. The predicted octanol–water partition coefficient (Wildman–Crippen LogP) is 2.37. The van der Waals surface area contributed by atoms with Crippen LogP contribution in [0.1, 0.15) is 54.4 Å². The number of aliphatic carboxylic acids is 1. The number of nitrogens with zero attached hydrogens (tertiary/aromatic N) is 2. The molecule has 1 aliphatic heterocycles. The number of piperidine rings is 1. The van der Waals surface area contributed by atoms with Crippen molar-refractivity contribution >= 4 is 17.8 Å². The van der Waals surface area contributed by atoms with Gasteiger partial charge in [-0.1, -0.05) is 40.7 Å². The van der Waals surface area contributed by atoms with E-state index in [4.69, 9.17) is 0 Å². The van der Waals surface area contributed by atoms with Crippen LogP contribution in [0.15, 0.2) is 11.6 Å². The fourth-order valence-electron chi connectivity index (χ4n) is 3.72. The van der Waals surface area contributed by atoms with Crippen molar-refractivity contribution in [3.8, 4) is 0 Å². The van der Waals surface area contributed by atoms with E-state index in [1.165, 1.54) is 6.92 Å². The third-order valence-electron chi connectivity index (χ3n) is 5.63. The Labute approximate surface area is 175 Å². The number of amides is 2. The van der Waals surface area contributed by atoms with Crippen molar-refractivity contribution in [2.24, 2.45) is 17.3 Å². The second-order valence-electron chi connectivity index (χ2n) is 9.75. The molecule has 166 valence electrons. The van der Waals surface area contributed by atoms with Crippen molar-refractivity contribution in [2.45, 2.75) is 66.5 Å². The van der Waals surface area contributed by atoms with Gasteiger partial charge in [0.05, 0.1) is 12.0 Å². The maximum atomic E-state index is 13.4. The third-order valence-corrected chi connectivity index (χ3v) is 5.63. The van der Waals surface area contributed by atoms with Crippen LogP contribution in [0.4, 0.5) is 0 Å². The summed E-state index contributed by atoms with van der Waals surface area (Å²) >= 11 is 0. The van der Waals surface area contributed by atoms with E-state index in [1.807, 2.05) is 41.7 Å². The highest BCUT2D eigenvalue weighted by atomic mass is 16.4. The Morgan fingerprint density at radius 3 is 2.28 bits per heavy atom. The van der Waals surface area contributed by atoms with Gasteiger partial charge in [-0.15, -0.1) is 0 Å². The van der Waals surface area contributed by atoms with Crippen LogP contribution in [-0.4, -0.2) is 72.0 Å². The molecule has 7 nitrogen and oxygen atoms in total. The minimum absolute atomic E-state index is 0.0292. The van der Waals surface area contributed by atoms with Crippen molar-refractivity contribution in [2.75, 3.05) is 27.2 Å². The molecular weight excluding hydrogens is 370 g/mol. The lowest BCUT2D eigenvalue weighted by molar-refractivity contribution is -0.141. The van der Waals surface area contributed by atoms with Crippen LogP contribution in [0, 0.1) is 17.3 Å². The van der Waals surface area contributed by atoms with Crippen molar-refractivity contribution < 1.29 is 19.5 Å². The van der Waals surface area contributed by atoms with Crippen LogP contribution in [0.3, 0.4) is 0 Å². The first kappa shape index (κ1) is 25.1. The molecule has 2 unspecified atom stereocenters. The molecule has 2 N–H and O–H groups in total. The van der Waals surface area contributed by atoms with E-state index < -0.39 is 17.4 Å². The van der Waals surface area contributed by atoms with Crippen LogP contribution in [0.25, 0.3) is 0 Å². The number of carbonyl (C=O) groups excluding carboxylic acids is 2. The van der Waals surface area contributed by atoms with Crippen molar-refractivity contribution in [1.29, 1.82) is 0 Å². The molecule has 7 heteroatoms. The molecule has 0 bridgehead atoms. The molecule has 0 spiro atoms. The zero-order valence-corrected chi connectivity index (χ0v) is 19.3. The molecule has 0 aromatic carbocycles. The predicted molar refractivity (Wildman–Crippen MR) is 114 cm³/mol. The number of carbonyl (C=O) groups is 3. The molecule has 1 heterocycles. The van der Waals surface area contributed by atoms with E-state index in [2.05, 4.69) is 10.2 Å². The number of likely N-dealkylation sites (tertiary alicyclic amines) is 1. The largest absolute Gasteiger partial charge is 0.478 e. The fraction of sp³-hybridized carbons (Fsp3) is 0.773. The maximum Gasteiger partial charge on any atom is 0.331 e. The van der Waals surface area contributed by atoms with Gasteiger partial charge in [0.1, 0.15) is 6.04 Å². The maximum absolute atomic E-state index is 13.4. The lowest BCUT2D eigenvalue weighted by Gasteiger charge is -2.38. The molecule has 1 aliphatic rings. The number of hydrogen-bond acceptors (Lipinski definition) is 4. The number of carboxylic acid groups (broad SMARTS) is 1. The molecule has 1 rings (SSSR count). The van der Waals surface area contributed by atoms with Crippen LogP contribution in [0.5, 0.6) is 0 Å². The Balaban J connectivity index is 3.07. The molecule has 1 saturated heterocycles. The second kappa shape index (κ2) is 10.2. The van der Waals surface area contributed by atoms with Gasteiger partial charge in [0.15, 0.2) is 0 Å². The van der Waals surface area contributed by atoms with Gasteiger partial charge in [-0.25, -0.2) is 4.79 Å². The summed E-state index contributed by atoms with van der Waals surface area (Å²) in [6.45, 7) is 12.9. The minimum Gasteiger partial charge on any atom is -0.478 e. The highest BCUT2D eigenvalue weighted by molar-refractivity contribution is 5.90. The summed E-state index contributed by atoms with van der Waals surface area (Å²) in [5.41, 5.74) is -0.279. The highest BCUT2D eigenvalue weighted by Gasteiger charge is 2.38. The Morgan fingerprint density at radius 1 is 1.24 bits per heavy atom. The first-order valence-corrected chi connectivity index (χ1v) is 10.4. The Hall–Kier alpha value is -1.89.